The number of benzene rings is 1. The maximum atomic E-state index is 5.73. The molecule has 6 nitrogen and oxygen atoms in total. The third kappa shape index (κ3) is 4.17. The van der Waals surface area contributed by atoms with Crippen LogP contribution in [-0.4, -0.2) is 30.7 Å². The number of guanidine groups is 1. The summed E-state index contributed by atoms with van der Waals surface area (Å²) in [5, 5.41) is 6.58. The average Bonchev–Trinajstić information content (AvgIpc) is 2.85. The minimum Gasteiger partial charge on any atom is -0.490 e. The highest BCUT2D eigenvalue weighted by Gasteiger charge is 2.11. The smallest absolute Gasteiger partial charge is 0.196 e. The van der Waals surface area contributed by atoms with Gasteiger partial charge in [-0.2, -0.15) is 0 Å². The van der Waals surface area contributed by atoms with Crippen LogP contribution in [-0.2, 0) is 6.54 Å². The summed E-state index contributed by atoms with van der Waals surface area (Å²) in [4.78, 5) is 10.1. The summed E-state index contributed by atoms with van der Waals surface area (Å²) in [5.41, 5.74) is 3.81. The number of ether oxygens (including phenoxy) is 2. The van der Waals surface area contributed by atoms with Crippen LogP contribution in [0.25, 0.3) is 0 Å². The third-order valence-electron chi connectivity index (χ3n) is 3.58. The number of aromatic nitrogens is 1. The number of hydrogen-bond donors (Lipinski definition) is 2. The normalized spacial score (nSPS) is 14.2. The molecule has 3 rings (SSSR count). The molecule has 0 spiro atoms. The summed E-state index contributed by atoms with van der Waals surface area (Å²) in [6, 6.07) is 5.85. The summed E-state index contributed by atoms with van der Waals surface area (Å²) >= 11 is 1.63. The van der Waals surface area contributed by atoms with Gasteiger partial charge in [0.05, 0.1) is 31.0 Å². The Balaban J connectivity index is 1.73. The minimum atomic E-state index is 0.608. The van der Waals surface area contributed by atoms with E-state index in [-0.39, 0.29) is 0 Å². The quantitative estimate of drug-likeness (QED) is 0.657. The molecular weight excluding hydrogens is 324 g/mol. The van der Waals surface area contributed by atoms with Crippen LogP contribution < -0.4 is 20.1 Å². The van der Waals surface area contributed by atoms with E-state index in [2.05, 4.69) is 20.6 Å². The van der Waals surface area contributed by atoms with Crippen LogP contribution in [0.1, 0.15) is 23.9 Å². The van der Waals surface area contributed by atoms with Gasteiger partial charge in [0.1, 0.15) is 0 Å². The molecule has 2 aromatic rings. The molecule has 0 atom stereocenters. The van der Waals surface area contributed by atoms with Crippen LogP contribution >= 0.6 is 11.3 Å². The Labute approximate surface area is 145 Å². The molecule has 7 heteroatoms. The second-order valence-electron chi connectivity index (χ2n) is 5.39. The molecule has 128 valence electrons. The molecule has 0 fully saturated rings. The van der Waals surface area contributed by atoms with E-state index in [4.69, 9.17) is 9.47 Å². The van der Waals surface area contributed by atoms with E-state index < -0.39 is 0 Å². The summed E-state index contributed by atoms with van der Waals surface area (Å²) < 4.78 is 11.4. The first-order valence-electron chi connectivity index (χ1n) is 8.10. The summed E-state index contributed by atoms with van der Waals surface area (Å²) in [7, 11) is 0. The van der Waals surface area contributed by atoms with Gasteiger partial charge in [-0.05, 0) is 26.0 Å². The Morgan fingerprint density at radius 2 is 2.12 bits per heavy atom. The van der Waals surface area contributed by atoms with E-state index >= 15 is 0 Å². The van der Waals surface area contributed by atoms with Gasteiger partial charge in [0, 0.05) is 29.6 Å². The van der Waals surface area contributed by atoms with Gasteiger partial charge in [-0.3, -0.25) is 0 Å². The number of nitrogens with zero attached hydrogens (tertiary/aromatic N) is 2. The molecule has 2 heterocycles. The molecule has 0 amide bonds. The molecular formula is C17H22N4O2S. The van der Waals surface area contributed by atoms with Gasteiger partial charge in [0.2, 0.25) is 0 Å². The minimum absolute atomic E-state index is 0.608. The van der Waals surface area contributed by atoms with Crippen molar-refractivity contribution in [3.63, 3.8) is 0 Å². The van der Waals surface area contributed by atoms with Crippen molar-refractivity contribution >= 4 is 23.0 Å². The Morgan fingerprint density at radius 3 is 2.88 bits per heavy atom. The Morgan fingerprint density at radius 1 is 1.29 bits per heavy atom. The van der Waals surface area contributed by atoms with Crippen molar-refractivity contribution in [1.29, 1.82) is 0 Å². The first-order valence-corrected chi connectivity index (χ1v) is 8.98. The van der Waals surface area contributed by atoms with E-state index in [1.54, 1.807) is 11.3 Å². The maximum Gasteiger partial charge on any atom is 0.196 e. The number of thiazole rings is 1. The van der Waals surface area contributed by atoms with Crippen molar-refractivity contribution in [1.82, 2.24) is 10.3 Å². The highest BCUT2D eigenvalue weighted by atomic mass is 32.1. The largest absolute Gasteiger partial charge is 0.490 e. The zero-order valence-corrected chi connectivity index (χ0v) is 14.8. The fourth-order valence-electron chi connectivity index (χ4n) is 2.31. The number of anilines is 1. The van der Waals surface area contributed by atoms with Gasteiger partial charge in [0.25, 0.3) is 0 Å². The lowest BCUT2D eigenvalue weighted by molar-refractivity contribution is 0.297. The van der Waals surface area contributed by atoms with Crippen LogP contribution in [0.4, 0.5) is 5.69 Å². The van der Waals surface area contributed by atoms with E-state index in [1.807, 2.05) is 37.6 Å². The van der Waals surface area contributed by atoms with Crippen LogP contribution in [0.3, 0.4) is 0 Å². The van der Waals surface area contributed by atoms with E-state index in [0.717, 1.165) is 41.8 Å². The third-order valence-corrected chi connectivity index (χ3v) is 4.50. The first kappa shape index (κ1) is 16.6. The molecule has 0 unspecified atom stereocenters. The van der Waals surface area contributed by atoms with Crippen LogP contribution in [0.15, 0.2) is 28.7 Å². The SMILES string of the molecule is CCNC(=NCc1scnc1C)Nc1ccc2c(c1)OCCCO2. The van der Waals surface area contributed by atoms with Crippen molar-refractivity contribution in [2.75, 3.05) is 25.1 Å². The molecule has 24 heavy (non-hydrogen) atoms. The number of aliphatic imine (C=N–C) groups is 1. The summed E-state index contributed by atoms with van der Waals surface area (Å²) in [6.45, 7) is 6.82. The van der Waals surface area contributed by atoms with E-state index in [0.29, 0.717) is 19.8 Å². The number of aryl methyl sites for hydroxylation is 1. The van der Waals surface area contributed by atoms with Crippen LogP contribution in [0.5, 0.6) is 11.5 Å². The lowest BCUT2D eigenvalue weighted by atomic mass is 10.3. The highest BCUT2D eigenvalue weighted by molar-refractivity contribution is 7.09. The maximum absolute atomic E-state index is 5.73. The van der Waals surface area contributed by atoms with E-state index in [9.17, 15) is 0 Å². The lowest BCUT2D eigenvalue weighted by Crippen LogP contribution is -2.30. The summed E-state index contributed by atoms with van der Waals surface area (Å²) in [5.74, 6) is 2.30. The van der Waals surface area contributed by atoms with Crippen LogP contribution in [0.2, 0.25) is 0 Å². The van der Waals surface area contributed by atoms with Crippen LogP contribution in [0, 0.1) is 6.92 Å². The second kappa shape index (κ2) is 8.01. The Kier molecular flexibility index (Phi) is 5.53. The van der Waals surface area contributed by atoms with Gasteiger partial charge in [-0.25, -0.2) is 9.98 Å². The molecule has 2 N–H and O–H groups in total. The Hall–Kier alpha value is -2.28. The zero-order valence-electron chi connectivity index (χ0n) is 14.0. The van der Waals surface area contributed by atoms with Gasteiger partial charge in [0.15, 0.2) is 17.5 Å². The number of hydrogen-bond acceptors (Lipinski definition) is 5. The van der Waals surface area contributed by atoms with Crippen molar-refractivity contribution < 1.29 is 9.47 Å². The summed E-state index contributed by atoms with van der Waals surface area (Å²) in [6.07, 6.45) is 0.899. The van der Waals surface area contributed by atoms with Crippen molar-refractivity contribution in [2.45, 2.75) is 26.8 Å². The second-order valence-corrected chi connectivity index (χ2v) is 6.33. The predicted molar refractivity (Wildman–Crippen MR) is 97.3 cm³/mol. The highest BCUT2D eigenvalue weighted by Crippen LogP contribution is 2.32. The predicted octanol–water partition coefficient (Wildman–Crippen LogP) is 3.19. The molecule has 0 saturated heterocycles. The molecule has 1 aromatic heterocycles. The zero-order chi connectivity index (χ0) is 16.8. The average molecular weight is 346 g/mol. The monoisotopic (exact) mass is 346 g/mol. The lowest BCUT2D eigenvalue weighted by Gasteiger charge is -2.13. The van der Waals surface area contributed by atoms with Crippen molar-refractivity contribution in [2.24, 2.45) is 4.99 Å². The number of nitrogens with one attached hydrogen (secondary N) is 2. The number of rotatable bonds is 4. The fourth-order valence-corrected chi connectivity index (χ4v) is 3.01. The molecule has 0 saturated carbocycles. The Bertz CT molecular complexity index is 714. The number of fused-ring (bicyclic) bond motifs is 1. The van der Waals surface area contributed by atoms with Gasteiger partial charge in [-0.1, -0.05) is 0 Å². The molecule has 1 aromatic carbocycles. The van der Waals surface area contributed by atoms with Crippen molar-refractivity contribution in [3.8, 4) is 11.5 Å². The molecule has 0 bridgehead atoms. The molecule has 1 aliphatic rings. The molecule has 0 aliphatic carbocycles. The fraction of sp³-hybridized carbons (Fsp3) is 0.412. The van der Waals surface area contributed by atoms with Crippen molar-refractivity contribution in [3.05, 3.63) is 34.3 Å². The molecule has 0 radical (unpaired) electrons. The van der Waals surface area contributed by atoms with Gasteiger partial charge >= 0.3 is 0 Å². The standard InChI is InChI=1S/C17H22N4O2S/c1-3-18-17(19-10-16-12(2)20-11-24-16)21-13-5-6-14-15(9-13)23-8-4-7-22-14/h5-6,9,11H,3-4,7-8,10H2,1-2H3,(H2,18,19,21). The van der Waals surface area contributed by atoms with Gasteiger partial charge < -0.3 is 20.1 Å². The van der Waals surface area contributed by atoms with Gasteiger partial charge in [-0.15, -0.1) is 11.3 Å². The first-order chi connectivity index (χ1) is 11.8. The molecule has 1 aliphatic heterocycles. The topological polar surface area (TPSA) is 67.8 Å². The van der Waals surface area contributed by atoms with E-state index in [1.165, 1.54) is 4.88 Å².